The van der Waals surface area contributed by atoms with E-state index in [2.05, 4.69) is 0 Å². The highest BCUT2D eigenvalue weighted by atomic mass is 35.5. The predicted molar refractivity (Wildman–Crippen MR) is 56.5 cm³/mol. The highest BCUT2D eigenvalue weighted by Crippen LogP contribution is 2.23. The molecule has 0 fully saturated rings. The first-order valence-corrected chi connectivity index (χ1v) is 4.87. The van der Waals surface area contributed by atoms with E-state index in [1.54, 1.807) is 5.32 Å². The van der Waals surface area contributed by atoms with Crippen LogP contribution in [-0.4, -0.2) is 23.6 Å². The zero-order valence-electron chi connectivity index (χ0n) is 8.62. The van der Waals surface area contributed by atoms with Crippen LogP contribution in [-0.2, 0) is 0 Å². The number of nitrogens with zero attached hydrogens (tertiary/aromatic N) is 1. The Kier molecular flexibility index (Phi) is 4.12. The summed E-state index contributed by atoms with van der Waals surface area (Å²) in [6.07, 6.45) is -4.59. The van der Waals surface area contributed by atoms with Gasteiger partial charge in [0, 0.05) is 11.1 Å². The van der Waals surface area contributed by atoms with Gasteiger partial charge in [0.1, 0.15) is 12.1 Å². The fourth-order valence-corrected chi connectivity index (χ4v) is 1.29. The van der Waals surface area contributed by atoms with Gasteiger partial charge in [-0.25, -0.2) is 0 Å². The third-order valence-corrected chi connectivity index (χ3v) is 2.09. The minimum Gasteiger partial charge on any atom is -0.343 e. The quantitative estimate of drug-likeness (QED) is 0.684. The Morgan fingerprint density at radius 2 is 2.06 bits per heavy atom. The van der Waals surface area contributed by atoms with Crippen molar-refractivity contribution in [2.75, 3.05) is 6.54 Å². The van der Waals surface area contributed by atoms with Crippen LogP contribution in [0.25, 0.3) is 0 Å². The lowest BCUT2D eigenvalue weighted by Crippen LogP contribution is -2.34. The Morgan fingerprint density at radius 1 is 1.44 bits per heavy atom. The van der Waals surface area contributed by atoms with Crippen LogP contribution in [0, 0.1) is 10.1 Å². The van der Waals surface area contributed by atoms with Crippen molar-refractivity contribution < 1.29 is 22.9 Å². The van der Waals surface area contributed by atoms with Crippen LogP contribution in [0.5, 0.6) is 0 Å². The number of benzene rings is 1. The van der Waals surface area contributed by atoms with Crippen LogP contribution in [0.3, 0.4) is 0 Å². The molecule has 0 aliphatic rings. The van der Waals surface area contributed by atoms with Crippen LogP contribution in [0.4, 0.5) is 18.9 Å². The molecule has 0 bridgehead atoms. The summed E-state index contributed by atoms with van der Waals surface area (Å²) < 4.78 is 35.7. The first-order valence-electron chi connectivity index (χ1n) is 4.49. The minimum absolute atomic E-state index is 0.00840. The maximum atomic E-state index is 11.9. The van der Waals surface area contributed by atoms with Gasteiger partial charge in [-0.15, -0.1) is 0 Å². The Labute approximate surface area is 104 Å². The third kappa shape index (κ3) is 3.88. The second-order valence-electron chi connectivity index (χ2n) is 3.22. The van der Waals surface area contributed by atoms with E-state index in [-0.39, 0.29) is 5.02 Å². The molecule has 1 aromatic carbocycles. The molecular formula is C9H6ClF3N2O3. The van der Waals surface area contributed by atoms with Crippen LogP contribution in [0.1, 0.15) is 10.4 Å². The smallest absolute Gasteiger partial charge is 0.343 e. The van der Waals surface area contributed by atoms with Crippen LogP contribution in [0.15, 0.2) is 18.2 Å². The van der Waals surface area contributed by atoms with Gasteiger partial charge >= 0.3 is 6.18 Å². The average Bonchev–Trinajstić information content (AvgIpc) is 2.24. The van der Waals surface area contributed by atoms with Gasteiger partial charge in [-0.1, -0.05) is 11.6 Å². The minimum atomic E-state index is -4.59. The van der Waals surface area contributed by atoms with Crippen LogP contribution in [0.2, 0.25) is 5.02 Å². The highest BCUT2D eigenvalue weighted by molar-refractivity contribution is 6.31. The van der Waals surface area contributed by atoms with Crippen LogP contribution < -0.4 is 5.32 Å². The van der Waals surface area contributed by atoms with Crippen molar-refractivity contribution in [1.82, 2.24) is 5.32 Å². The largest absolute Gasteiger partial charge is 0.405 e. The van der Waals surface area contributed by atoms with Gasteiger partial charge in [-0.3, -0.25) is 14.9 Å². The Balaban J connectivity index is 2.95. The molecule has 0 unspecified atom stereocenters. The van der Waals surface area contributed by atoms with E-state index in [4.69, 9.17) is 11.6 Å². The van der Waals surface area contributed by atoms with E-state index < -0.39 is 34.8 Å². The normalized spacial score (nSPS) is 11.1. The average molecular weight is 283 g/mol. The molecular weight excluding hydrogens is 277 g/mol. The van der Waals surface area contributed by atoms with Gasteiger partial charge in [-0.2, -0.15) is 13.2 Å². The van der Waals surface area contributed by atoms with Crippen molar-refractivity contribution in [1.29, 1.82) is 0 Å². The zero-order valence-corrected chi connectivity index (χ0v) is 9.38. The summed E-state index contributed by atoms with van der Waals surface area (Å²) in [4.78, 5) is 21.1. The number of alkyl halides is 3. The molecule has 0 radical (unpaired) electrons. The van der Waals surface area contributed by atoms with Gasteiger partial charge in [0.25, 0.3) is 11.6 Å². The maximum Gasteiger partial charge on any atom is 0.405 e. The molecule has 1 N–H and O–H groups in total. The summed E-state index contributed by atoms with van der Waals surface area (Å²) in [6.45, 7) is -1.56. The first-order chi connectivity index (χ1) is 8.20. The van der Waals surface area contributed by atoms with Crippen molar-refractivity contribution in [2.45, 2.75) is 6.18 Å². The lowest BCUT2D eigenvalue weighted by Gasteiger charge is -2.08. The molecule has 0 aliphatic heterocycles. The van der Waals surface area contributed by atoms with Gasteiger partial charge in [0.05, 0.1) is 4.92 Å². The molecule has 0 aromatic heterocycles. The number of nitro benzene ring substituents is 1. The number of carbonyl (C=O) groups excluding carboxylic acids is 1. The fraction of sp³-hybridized carbons (Fsp3) is 0.222. The van der Waals surface area contributed by atoms with Crippen molar-refractivity contribution in [3.63, 3.8) is 0 Å². The van der Waals surface area contributed by atoms with E-state index >= 15 is 0 Å². The summed E-state index contributed by atoms with van der Waals surface area (Å²) in [6, 6.07) is 3.06. The molecule has 0 saturated heterocycles. The summed E-state index contributed by atoms with van der Waals surface area (Å²) >= 11 is 5.50. The van der Waals surface area contributed by atoms with Gasteiger partial charge < -0.3 is 5.32 Å². The van der Waals surface area contributed by atoms with Crippen molar-refractivity contribution >= 4 is 23.2 Å². The number of rotatable bonds is 3. The summed E-state index contributed by atoms with van der Waals surface area (Å²) in [5, 5.41) is 12.2. The van der Waals surface area contributed by atoms with Crippen LogP contribution >= 0.6 is 11.6 Å². The fourth-order valence-electron chi connectivity index (χ4n) is 1.12. The molecule has 0 atom stereocenters. The second kappa shape index (κ2) is 5.21. The molecule has 0 aliphatic carbocycles. The number of amides is 1. The highest BCUT2D eigenvalue weighted by Gasteiger charge is 2.29. The molecule has 18 heavy (non-hydrogen) atoms. The third-order valence-electron chi connectivity index (χ3n) is 1.85. The maximum absolute atomic E-state index is 11.9. The predicted octanol–water partition coefficient (Wildman–Crippen LogP) is 2.54. The topological polar surface area (TPSA) is 72.2 Å². The summed E-state index contributed by atoms with van der Waals surface area (Å²) in [7, 11) is 0. The van der Waals surface area contributed by atoms with E-state index in [9.17, 15) is 28.1 Å². The summed E-state index contributed by atoms with van der Waals surface area (Å²) in [5.74, 6) is -1.18. The monoisotopic (exact) mass is 282 g/mol. The van der Waals surface area contributed by atoms with Gasteiger partial charge in [0.2, 0.25) is 0 Å². The lowest BCUT2D eigenvalue weighted by atomic mass is 10.1. The van der Waals surface area contributed by atoms with E-state index in [0.717, 1.165) is 12.1 Å². The SMILES string of the molecule is O=C(NCC(F)(F)F)c1ccc(Cl)cc1[N+](=O)[O-]. The first kappa shape index (κ1) is 14.2. The lowest BCUT2D eigenvalue weighted by molar-refractivity contribution is -0.385. The Bertz CT molecular complexity index is 490. The Hall–Kier alpha value is -1.83. The number of carbonyl (C=O) groups is 1. The molecule has 0 saturated carbocycles. The molecule has 1 aromatic rings. The number of nitro groups is 1. The molecule has 98 valence electrons. The van der Waals surface area contributed by atoms with E-state index in [0.29, 0.717) is 0 Å². The molecule has 5 nitrogen and oxygen atoms in total. The van der Waals surface area contributed by atoms with Crippen molar-refractivity contribution in [3.05, 3.63) is 38.9 Å². The van der Waals surface area contributed by atoms with Gasteiger partial charge in [0.15, 0.2) is 0 Å². The Morgan fingerprint density at radius 3 is 2.56 bits per heavy atom. The molecule has 1 rings (SSSR count). The number of hydrogen-bond acceptors (Lipinski definition) is 3. The number of nitrogens with one attached hydrogen (secondary N) is 1. The van der Waals surface area contributed by atoms with E-state index in [1.807, 2.05) is 0 Å². The van der Waals surface area contributed by atoms with Crippen molar-refractivity contribution in [3.8, 4) is 0 Å². The van der Waals surface area contributed by atoms with Crippen molar-refractivity contribution in [2.24, 2.45) is 0 Å². The molecule has 0 heterocycles. The standard InChI is InChI=1S/C9H6ClF3N2O3/c10-5-1-2-6(7(3-5)15(17)18)8(16)14-4-9(11,12)13/h1-3H,4H2,(H,14,16). The molecule has 1 amide bonds. The molecule has 9 heteroatoms. The molecule has 0 spiro atoms. The number of halogens is 4. The summed E-state index contributed by atoms with van der Waals surface area (Å²) in [5.41, 5.74) is -1.13. The van der Waals surface area contributed by atoms with Gasteiger partial charge in [-0.05, 0) is 12.1 Å². The van der Waals surface area contributed by atoms with E-state index in [1.165, 1.54) is 6.07 Å². The number of hydrogen-bond donors (Lipinski definition) is 1. The second-order valence-corrected chi connectivity index (χ2v) is 3.65. The zero-order chi connectivity index (χ0) is 13.9.